The topological polar surface area (TPSA) is 62.2 Å². The zero-order valence-corrected chi connectivity index (χ0v) is 17.9. The second-order valence-electron chi connectivity index (χ2n) is 7.48. The van der Waals surface area contributed by atoms with Crippen molar-refractivity contribution in [3.63, 3.8) is 0 Å². The molecule has 2 heterocycles. The molecule has 2 aromatic carbocycles. The molecule has 0 aliphatic carbocycles. The average molecular weight is 417 g/mol. The SMILES string of the molecule is Cc1cc(CO)c2cccc(Cc3cccc(C(=O)NCc4sccc4C)c3)c2n1. The van der Waals surface area contributed by atoms with Crippen LogP contribution in [-0.2, 0) is 19.6 Å². The van der Waals surface area contributed by atoms with Crippen molar-refractivity contribution >= 4 is 28.1 Å². The first-order valence-electron chi connectivity index (χ1n) is 9.94. The number of aliphatic hydroxyl groups is 1. The predicted octanol–water partition coefficient (Wildman–Crippen LogP) is 4.93. The van der Waals surface area contributed by atoms with E-state index in [-0.39, 0.29) is 12.5 Å². The summed E-state index contributed by atoms with van der Waals surface area (Å²) in [5.74, 6) is -0.0703. The lowest BCUT2D eigenvalue weighted by Crippen LogP contribution is -2.22. The highest BCUT2D eigenvalue weighted by atomic mass is 32.1. The molecule has 0 radical (unpaired) electrons. The van der Waals surface area contributed by atoms with E-state index in [1.807, 2.05) is 54.8 Å². The summed E-state index contributed by atoms with van der Waals surface area (Å²) in [6.07, 6.45) is 0.670. The summed E-state index contributed by atoms with van der Waals surface area (Å²) in [4.78, 5) is 18.5. The van der Waals surface area contributed by atoms with Gasteiger partial charge >= 0.3 is 0 Å². The number of para-hydroxylation sites is 1. The number of fused-ring (bicyclic) bond motifs is 1. The fourth-order valence-corrected chi connectivity index (χ4v) is 4.53. The van der Waals surface area contributed by atoms with Gasteiger partial charge in [-0.25, -0.2) is 0 Å². The Kier molecular flexibility index (Phi) is 5.93. The summed E-state index contributed by atoms with van der Waals surface area (Å²) in [7, 11) is 0. The summed E-state index contributed by atoms with van der Waals surface area (Å²) in [5.41, 5.74) is 6.67. The minimum Gasteiger partial charge on any atom is -0.392 e. The molecule has 0 fully saturated rings. The fraction of sp³-hybridized carbons (Fsp3) is 0.200. The zero-order chi connectivity index (χ0) is 21.1. The number of amides is 1. The molecule has 4 rings (SSSR count). The van der Waals surface area contributed by atoms with Crippen LogP contribution in [0.3, 0.4) is 0 Å². The van der Waals surface area contributed by atoms with Crippen LogP contribution < -0.4 is 5.32 Å². The van der Waals surface area contributed by atoms with Crippen molar-refractivity contribution in [3.8, 4) is 0 Å². The Labute approximate surface area is 180 Å². The maximum Gasteiger partial charge on any atom is 0.251 e. The highest BCUT2D eigenvalue weighted by molar-refractivity contribution is 7.10. The molecule has 0 saturated heterocycles. The fourth-order valence-electron chi connectivity index (χ4n) is 3.68. The molecule has 0 bridgehead atoms. The monoisotopic (exact) mass is 416 g/mol. The van der Waals surface area contributed by atoms with Gasteiger partial charge in [-0.15, -0.1) is 11.3 Å². The van der Waals surface area contributed by atoms with Gasteiger partial charge in [0.25, 0.3) is 5.91 Å². The van der Waals surface area contributed by atoms with Crippen LogP contribution in [0.15, 0.2) is 60.0 Å². The van der Waals surface area contributed by atoms with Crippen LogP contribution in [-0.4, -0.2) is 16.0 Å². The molecule has 0 unspecified atom stereocenters. The van der Waals surface area contributed by atoms with E-state index in [1.54, 1.807) is 11.3 Å². The number of rotatable bonds is 6. The van der Waals surface area contributed by atoms with Gasteiger partial charge < -0.3 is 10.4 Å². The Morgan fingerprint density at radius 2 is 1.90 bits per heavy atom. The van der Waals surface area contributed by atoms with Crippen LogP contribution in [0.1, 0.15) is 43.2 Å². The maximum absolute atomic E-state index is 12.6. The average Bonchev–Trinajstić information content (AvgIpc) is 3.16. The molecule has 4 aromatic rings. The number of nitrogens with one attached hydrogen (secondary N) is 1. The number of hydrogen-bond acceptors (Lipinski definition) is 4. The molecular weight excluding hydrogens is 392 g/mol. The molecule has 0 spiro atoms. The Morgan fingerprint density at radius 3 is 2.67 bits per heavy atom. The lowest BCUT2D eigenvalue weighted by molar-refractivity contribution is 0.0951. The molecule has 152 valence electrons. The van der Waals surface area contributed by atoms with Gasteiger partial charge in [0.1, 0.15) is 0 Å². The Bertz CT molecular complexity index is 1210. The Morgan fingerprint density at radius 1 is 1.07 bits per heavy atom. The van der Waals surface area contributed by atoms with E-state index < -0.39 is 0 Å². The molecule has 0 aliphatic rings. The predicted molar refractivity (Wildman–Crippen MR) is 122 cm³/mol. The van der Waals surface area contributed by atoms with E-state index in [0.717, 1.165) is 33.3 Å². The standard InChI is InChI=1S/C25H24N2O2S/c1-16-9-10-30-23(16)14-26-25(29)20-7-3-5-18(13-20)12-19-6-4-8-22-21(15-28)11-17(2)27-24(19)22/h3-11,13,28H,12,14-15H2,1-2H3,(H,26,29). The third kappa shape index (κ3) is 4.27. The van der Waals surface area contributed by atoms with Gasteiger partial charge in [0.15, 0.2) is 0 Å². The number of carbonyl (C=O) groups is 1. The molecule has 4 nitrogen and oxygen atoms in total. The van der Waals surface area contributed by atoms with Crippen molar-refractivity contribution in [2.75, 3.05) is 0 Å². The van der Waals surface area contributed by atoms with Crippen molar-refractivity contribution in [3.05, 3.63) is 98.4 Å². The third-order valence-electron chi connectivity index (χ3n) is 5.27. The molecule has 0 saturated carbocycles. The smallest absolute Gasteiger partial charge is 0.251 e. The molecule has 2 aromatic heterocycles. The van der Waals surface area contributed by atoms with E-state index in [0.29, 0.717) is 18.5 Å². The Hall–Kier alpha value is -3.02. The van der Waals surface area contributed by atoms with Crippen LogP contribution in [0.25, 0.3) is 10.9 Å². The number of pyridine rings is 1. The highest BCUT2D eigenvalue weighted by Crippen LogP contribution is 2.24. The zero-order valence-electron chi connectivity index (χ0n) is 17.1. The minimum absolute atomic E-state index is 0.0112. The number of aryl methyl sites for hydroxylation is 2. The molecule has 5 heteroatoms. The number of aliphatic hydroxyl groups excluding tert-OH is 1. The second-order valence-corrected chi connectivity index (χ2v) is 8.48. The minimum atomic E-state index is -0.0703. The van der Waals surface area contributed by atoms with E-state index in [9.17, 15) is 9.90 Å². The molecule has 0 atom stereocenters. The first kappa shape index (κ1) is 20.3. The van der Waals surface area contributed by atoms with Crippen LogP contribution in [0.5, 0.6) is 0 Å². The number of hydrogen-bond donors (Lipinski definition) is 2. The van der Waals surface area contributed by atoms with E-state index in [1.165, 1.54) is 10.4 Å². The second kappa shape index (κ2) is 8.78. The number of carbonyl (C=O) groups excluding carboxylic acids is 1. The van der Waals surface area contributed by atoms with Crippen LogP contribution in [0.2, 0.25) is 0 Å². The molecule has 0 aliphatic heterocycles. The van der Waals surface area contributed by atoms with Crippen molar-refractivity contribution < 1.29 is 9.90 Å². The number of benzene rings is 2. The van der Waals surface area contributed by atoms with Crippen LogP contribution >= 0.6 is 11.3 Å². The largest absolute Gasteiger partial charge is 0.392 e. The van der Waals surface area contributed by atoms with Crippen molar-refractivity contribution in [1.29, 1.82) is 0 Å². The van der Waals surface area contributed by atoms with Crippen molar-refractivity contribution in [1.82, 2.24) is 10.3 Å². The van der Waals surface area contributed by atoms with E-state index >= 15 is 0 Å². The van der Waals surface area contributed by atoms with Crippen molar-refractivity contribution in [2.45, 2.75) is 33.4 Å². The van der Waals surface area contributed by atoms with Gasteiger partial charge in [-0.1, -0.05) is 30.3 Å². The van der Waals surface area contributed by atoms with Gasteiger partial charge in [0, 0.05) is 21.5 Å². The molecular formula is C25H24N2O2S. The maximum atomic E-state index is 12.6. The van der Waals surface area contributed by atoms with Crippen LogP contribution in [0.4, 0.5) is 0 Å². The normalized spacial score (nSPS) is 11.0. The van der Waals surface area contributed by atoms with E-state index in [4.69, 9.17) is 4.98 Å². The summed E-state index contributed by atoms with van der Waals surface area (Å²) < 4.78 is 0. The summed E-state index contributed by atoms with van der Waals surface area (Å²) >= 11 is 1.66. The lowest BCUT2D eigenvalue weighted by Gasteiger charge is -2.11. The van der Waals surface area contributed by atoms with Gasteiger partial charge in [-0.3, -0.25) is 9.78 Å². The number of nitrogens with zero attached hydrogens (tertiary/aromatic N) is 1. The molecule has 1 amide bonds. The van der Waals surface area contributed by atoms with Crippen molar-refractivity contribution in [2.24, 2.45) is 0 Å². The summed E-state index contributed by atoms with van der Waals surface area (Å²) in [6, 6.07) is 17.8. The lowest BCUT2D eigenvalue weighted by atomic mass is 9.98. The molecule has 30 heavy (non-hydrogen) atoms. The quantitative estimate of drug-likeness (QED) is 0.469. The third-order valence-corrected chi connectivity index (χ3v) is 6.29. The summed E-state index contributed by atoms with van der Waals surface area (Å²) in [5, 5.41) is 15.7. The van der Waals surface area contributed by atoms with Gasteiger partial charge in [-0.05, 0) is 72.2 Å². The number of thiophene rings is 1. The van der Waals surface area contributed by atoms with E-state index in [2.05, 4.69) is 24.4 Å². The first-order chi connectivity index (χ1) is 14.5. The number of aromatic nitrogens is 1. The van der Waals surface area contributed by atoms with Gasteiger partial charge in [0.2, 0.25) is 0 Å². The van der Waals surface area contributed by atoms with Crippen LogP contribution in [0, 0.1) is 13.8 Å². The molecule has 2 N–H and O–H groups in total. The van der Waals surface area contributed by atoms with Gasteiger partial charge in [-0.2, -0.15) is 0 Å². The Balaban J connectivity index is 1.57. The first-order valence-corrected chi connectivity index (χ1v) is 10.8. The van der Waals surface area contributed by atoms with Gasteiger partial charge in [0.05, 0.1) is 18.7 Å². The summed E-state index contributed by atoms with van der Waals surface area (Å²) in [6.45, 7) is 4.53. The highest BCUT2D eigenvalue weighted by Gasteiger charge is 2.11.